The van der Waals surface area contributed by atoms with E-state index in [0.717, 1.165) is 11.8 Å². The van der Waals surface area contributed by atoms with Crippen LogP contribution in [-0.4, -0.2) is 24.2 Å². The number of hydrogen-bond acceptors (Lipinski definition) is 3. The normalized spacial score (nSPS) is 11.7. The molecule has 0 spiro atoms. The molecule has 0 saturated heterocycles. The molecular formula is C11H10Cl2N2O2S. The lowest BCUT2D eigenvalue weighted by Crippen LogP contribution is -2.10. The Labute approximate surface area is 115 Å². The van der Waals surface area contributed by atoms with Crippen LogP contribution < -0.4 is 0 Å². The Balaban J connectivity index is 2.42. The van der Waals surface area contributed by atoms with Gasteiger partial charge in [-0.2, -0.15) is 0 Å². The van der Waals surface area contributed by atoms with Crippen LogP contribution in [0.4, 0.5) is 0 Å². The zero-order valence-corrected chi connectivity index (χ0v) is 11.8. The van der Waals surface area contributed by atoms with Crippen LogP contribution in [0.15, 0.2) is 35.7 Å². The highest BCUT2D eigenvalue weighted by atomic mass is 35.5. The summed E-state index contributed by atoms with van der Waals surface area (Å²) in [5.74, 6) is 0. The number of rotatable bonds is 3. The Morgan fingerprint density at radius 1 is 1.33 bits per heavy atom. The molecule has 0 radical (unpaired) electrons. The fraction of sp³-hybridized carbons (Fsp3) is 0.182. The second-order valence-corrected chi connectivity index (χ2v) is 6.52. The second kappa shape index (κ2) is 4.91. The maximum atomic E-state index is 11.5. The van der Waals surface area contributed by atoms with E-state index in [-0.39, 0.29) is 5.16 Å². The van der Waals surface area contributed by atoms with Gasteiger partial charge in [0, 0.05) is 18.6 Å². The quantitative estimate of drug-likeness (QED) is 0.876. The summed E-state index contributed by atoms with van der Waals surface area (Å²) in [5.41, 5.74) is 0.743. The summed E-state index contributed by atoms with van der Waals surface area (Å²) >= 11 is 12.0. The van der Waals surface area contributed by atoms with E-state index in [9.17, 15) is 8.42 Å². The largest absolute Gasteiger partial charge is 0.317 e. The van der Waals surface area contributed by atoms with Gasteiger partial charge in [-0.1, -0.05) is 35.3 Å². The van der Waals surface area contributed by atoms with Gasteiger partial charge in [0.1, 0.15) is 0 Å². The molecule has 1 aromatic heterocycles. The Morgan fingerprint density at radius 3 is 2.72 bits per heavy atom. The van der Waals surface area contributed by atoms with Crippen LogP contribution in [-0.2, 0) is 16.4 Å². The molecule has 0 aliphatic rings. The monoisotopic (exact) mass is 304 g/mol. The fourth-order valence-electron chi connectivity index (χ4n) is 1.60. The first-order valence-corrected chi connectivity index (χ1v) is 7.68. The molecule has 1 heterocycles. The van der Waals surface area contributed by atoms with Gasteiger partial charge >= 0.3 is 0 Å². The molecule has 0 saturated carbocycles. The van der Waals surface area contributed by atoms with Crippen molar-refractivity contribution in [2.45, 2.75) is 11.7 Å². The first-order chi connectivity index (χ1) is 8.39. The molecule has 18 heavy (non-hydrogen) atoms. The van der Waals surface area contributed by atoms with Crippen molar-refractivity contribution in [1.82, 2.24) is 9.55 Å². The first-order valence-electron chi connectivity index (χ1n) is 5.03. The zero-order valence-electron chi connectivity index (χ0n) is 9.47. The zero-order chi connectivity index (χ0) is 13.3. The van der Waals surface area contributed by atoms with Gasteiger partial charge in [0.15, 0.2) is 0 Å². The lowest BCUT2D eigenvalue weighted by atomic mass is 10.2. The average molecular weight is 305 g/mol. The Hall–Kier alpha value is -1.04. The summed E-state index contributed by atoms with van der Waals surface area (Å²) in [6.07, 6.45) is 4.15. The number of benzene rings is 1. The number of nitrogens with zero attached hydrogens (tertiary/aromatic N) is 2. The highest BCUT2D eigenvalue weighted by Gasteiger charge is 2.15. The summed E-state index contributed by atoms with van der Waals surface area (Å²) < 4.78 is 24.5. The van der Waals surface area contributed by atoms with Gasteiger partial charge < -0.3 is 4.57 Å². The van der Waals surface area contributed by atoms with Crippen LogP contribution in [0.25, 0.3) is 0 Å². The van der Waals surface area contributed by atoms with Crippen molar-refractivity contribution in [1.29, 1.82) is 0 Å². The van der Waals surface area contributed by atoms with Crippen LogP contribution in [0, 0.1) is 0 Å². The van der Waals surface area contributed by atoms with Crippen molar-refractivity contribution in [2.24, 2.45) is 0 Å². The van der Waals surface area contributed by atoms with Gasteiger partial charge in [0.2, 0.25) is 15.0 Å². The van der Waals surface area contributed by atoms with Gasteiger partial charge in [-0.05, 0) is 11.6 Å². The minimum Gasteiger partial charge on any atom is -0.317 e. The number of hydrogen-bond donors (Lipinski definition) is 0. The number of halogens is 2. The van der Waals surface area contributed by atoms with Crippen molar-refractivity contribution in [3.05, 3.63) is 46.2 Å². The van der Waals surface area contributed by atoms with E-state index in [1.54, 1.807) is 24.4 Å². The molecule has 4 nitrogen and oxygen atoms in total. The summed E-state index contributed by atoms with van der Waals surface area (Å²) in [6, 6.07) is 5.24. The van der Waals surface area contributed by atoms with E-state index < -0.39 is 9.84 Å². The van der Waals surface area contributed by atoms with Gasteiger partial charge in [-0.25, -0.2) is 13.4 Å². The molecule has 2 aromatic rings. The van der Waals surface area contributed by atoms with E-state index in [0.29, 0.717) is 16.6 Å². The Kier molecular flexibility index (Phi) is 3.66. The third-order valence-corrected chi connectivity index (χ3v) is 4.24. The molecule has 0 atom stereocenters. The van der Waals surface area contributed by atoms with Gasteiger partial charge in [-0.15, -0.1) is 0 Å². The van der Waals surface area contributed by atoms with E-state index in [2.05, 4.69) is 4.98 Å². The highest BCUT2D eigenvalue weighted by molar-refractivity contribution is 7.90. The summed E-state index contributed by atoms with van der Waals surface area (Å²) in [6.45, 7) is 0.307. The van der Waals surface area contributed by atoms with Crippen molar-refractivity contribution in [2.75, 3.05) is 6.26 Å². The number of aromatic nitrogens is 2. The summed E-state index contributed by atoms with van der Waals surface area (Å²) in [7, 11) is -3.36. The average Bonchev–Trinajstić information content (AvgIpc) is 2.72. The van der Waals surface area contributed by atoms with Crippen LogP contribution in [0.3, 0.4) is 0 Å². The minimum atomic E-state index is -3.36. The molecule has 0 amide bonds. The third kappa shape index (κ3) is 2.68. The molecule has 2 rings (SSSR count). The Morgan fingerprint density at radius 2 is 2.06 bits per heavy atom. The highest BCUT2D eigenvalue weighted by Crippen LogP contribution is 2.26. The maximum absolute atomic E-state index is 11.5. The molecule has 7 heteroatoms. The van der Waals surface area contributed by atoms with E-state index >= 15 is 0 Å². The summed E-state index contributed by atoms with van der Waals surface area (Å²) in [5, 5.41) is 0.876. The lowest BCUT2D eigenvalue weighted by molar-refractivity contribution is 0.578. The standard InChI is InChI=1S/C11H10Cl2N2O2S/c1-18(16,17)11-14-5-6-15(11)7-8-3-2-4-9(12)10(8)13/h2-6H,7H2,1H3. The molecule has 0 bridgehead atoms. The molecule has 0 N–H and O–H groups in total. The van der Waals surface area contributed by atoms with Crippen LogP contribution in [0.1, 0.15) is 5.56 Å². The second-order valence-electron chi connectivity index (χ2n) is 3.82. The van der Waals surface area contributed by atoms with Crippen LogP contribution >= 0.6 is 23.2 Å². The molecule has 0 aliphatic carbocycles. The van der Waals surface area contributed by atoms with Crippen molar-refractivity contribution in [3.8, 4) is 0 Å². The van der Waals surface area contributed by atoms with Gasteiger partial charge in [0.05, 0.1) is 16.6 Å². The van der Waals surface area contributed by atoms with Crippen molar-refractivity contribution >= 4 is 33.0 Å². The molecule has 0 aliphatic heterocycles. The Bertz CT molecular complexity index is 680. The predicted octanol–water partition coefficient (Wildman–Crippen LogP) is 2.64. The van der Waals surface area contributed by atoms with E-state index in [1.807, 2.05) is 0 Å². The van der Waals surface area contributed by atoms with Gasteiger partial charge in [-0.3, -0.25) is 0 Å². The third-order valence-electron chi connectivity index (χ3n) is 2.38. The molecule has 96 valence electrons. The number of imidazole rings is 1. The molecule has 1 aromatic carbocycles. The molecular weight excluding hydrogens is 295 g/mol. The molecule has 0 fully saturated rings. The van der Waals surface area contributed by atoms with Crippen LogP contribution in [0.2, 0.25) is 10.0 Å². The van der Waals surface area contributed by atoms with Crippen molar-refractivity contribution < 1.29 is 8.42 Å². The first kappa shape index (κ1) is 13.4. The van der Waals surface area contributed by atoms with E-state index in [1.165, 1.54) is 10.8 Å². The fourth-order valence-corrected chi connectivity index (χ4v) is 2.78. The summed E-state index contributed by atoms with van der Waals surface area (Å²) in [4.78, 5) is 3.83. The predicted molar refractivity (Wildman–Crippen MR) is 70.9 cm³/mol. The van der Waals surface area contributed by atoms with E-state index in [4.69, 9.17) is 23.2 Å². The molecule has 0 unspecified atom stereocenters. The lowest BCUT2D eigenvalue weighted by Gasteiger charge is -2.09. The minimum absolute atomic E-state index is 0.0125. The number of sulfone groups is 1. The van der Waals surface area contributed by atoms with Crippen molar-refractivity contribution in [3.63, 3.8) is 0 Å². The smallest absolute Gasteiger partial charge is 0.227 e. The maximum Gasteiger partial charge on any atom is 0.227 e. The topological polar surface area (TPSA) is 52.0 Å². The van der Waals surface area contributed by atoms with Gasteiger partial charge in [0.25, 0.3) is 0 Å². The van der Waals surface area contributed by atoms with Crippen LogP contribution in [0.5, 0.6) is 0 Å². The SMILES string of the molecule is CS(=O)(=O)c1nccn1Cc1cccc(Cl)c1Cl.